The normalized spacial score (nSPS) is 20.1. The summed E-state index contributed by atoms with van der Waals surface area (Å²) < 4.78 is 0. The fourth-order valence-electron chi connectivity index (χ4n) is 4.22. The van der Waals surface area contributed by atoms with Gasteiger partial charge in [0.1, 0.15) is 0 Å². The maximum atomic E-state index is 12.4. The number of nitrogens with zero attached hydrogens (tertiary/aromatic N) is 1. The van der Waals surface area contributed by atoms with E-state index < -0.39 is 0 Å². The summed E-state index contributed by atoms with van der Waals surface area (Å²) in [6.45, 7) is 5.80. The number of rotatable bonds is 5. The Morgan fingerprint density at radius 1 is 1.11 bits per heavy atom. The number of carbonyl (C=O) groups excluding carboxylic acids is 1. The van der Waals surface area contributed by atoms with Gasteiger partial charge in [0, 0.05) is 38.3 Å². The van der Waals surface area contributed by atoms with Crippen molar-refractivity contribution in [3.05, 3.63) is 70.8 Å². The molecule has 0 saturated carbocycles. The highest BCUT2D eigenvalue weighted by Gasteiger charge is 2.17. The lowest BCUT2D eigenvalue weighted by atomic mass is 9.91. The Morgan fingerprint density at radius 3 is 2.70 bits per heavy atom. The van der Waals surface area contributed by atoms with Crippen LogP contribution in [0.5, 0.6) is 0 Å². The highest BCUT2D eigenvalue weighted by Crippen LogP contribution is 2.23. The summed E-state index contributed by atoms with van der Waals surface area (Å²) in [4.78, 5) is 14.8. The fourth-order valence-corrected chi connectivity index (χ4v) is 4.22. The number of amides is 1. The second-order valence-corrected chi connectivity index (χ2v) is 7.72. The third-order valence-electron chi connectivity index (χ3n) is 5.86. The van der Waals surface area contributed by atoms with Crippen LogP contribution < -0.4 is 10.6 Å². The van der Waals surface area contributed by atoms with Gasteiger partial charge in [0.05, 0.1) is 0 Å². The number of hydrogen-bond acceptors (Lipinski definition) is 3. The Labute approximate surface area is 162 Å². The molecule has 2 heterocycles. The first-order valence-corrected chi connectivity index (χ1v) is 10.2. The largest absolute Gasteiger partial charge is 0.351 e. The average Bonchev–Trinajstić information content (AvgIpc) is 2.74. The van der Waals surface area contributed by atoms with Crippen molar-refractivity contribution in [1.82, 2.24) is 15.5 Å². The van der Waals surface area contributed by atoms with E-state index in [2.05, 4.69) is 51.9 Å². The number of nitrogens with one attached hydrogen (secondary N) is 2. The van der Waals surface area contributed by atoms with Crippen molar-refractivity contribution in [2.75, 3.05) is 32.7 Å². The number of benzene rings is 2. The van der Waals surface area contributed by atoms with Crippen LogP contribution in [0.4, 0.5) is 0 Å². The Balaban J connectivity index is 1.25. The van der Waals surface area contributed by atoms with Crippen molar-refractivity contribution in [2.24, 2.45) is 0 Å². The summed E-state index contributed by atoms with van der Waals surface area (Å²) in [5.74, 6) is 0.610. The van der Waals surface area contributed by atoms with E-state index in [9.17, 15) is 4.79 Å². The molecule has 4 heteroatoms. The van der Waals surface area contributed by atoms with E-state index in [0.717, 1.165) is 44.7 Å². The van der Waals surface area contributed by atoms with E-state index in [1.54, 1.807) is 0 Å². The van der Waals surface area contributed by atoms with Gasteiger partial charge in [0.2, 0.25) is 0 Å². The standard InChI is InChI=1S/C23H29N3O/c27-23(20-9-7-19(8-10-20)21-6-3-12-24-16-21)25-13-15-26-14-11-18-4-1-2-5-22(18)17-26/h1-2,4-5,7-10,21,24H,3,6,11-17H2,(H,25,27)/t21-/m0/s1. The molecule has 27 heavy (non-hydrogen) atoms. The molecule has 0 bridgehead atoms. The molecular weight excluding hydrogens is 334 g/mol. The highest BCUT2D eigenvalue weighted by molar-refractivity contribution is 5.94. The van der Waals surface area contributed by atoms with E-state index in [1.807, 2.05) is 12.1 Å². The Morgan fingerprint density at radius 2 is 1.93 bits per heavy atom. The van der Waals surface area contributed by atoms with Crippen molar-refractivity contribution in [2.45, 2.75) is 31.7 Å². The first-order valence-electron chi connectivity index (χ1n) is 10.2. The zero-order valence-corrected chi connectivity index (χ0v) is 15.9. The Hall–Kier alpha value is -2.17. The maximum absolute atomic E-state index is 12.4. The van der Waals surface area contributed by atoms with Gasteiger partial charge in [-0.05, 0) is 60.5 Å². The van der Waals surface area contributed by atoms with Crippen molar-refractivity contribution >= 4 is 5.91 Å². The molecule has 2 aromatic carbocycles. The summed E-state index contributed by atoms with van der Waals surface area (Å²) in [5.41, 5.74) is 4.98. The topological polar surface area (TPSA) is 44.4 Å². The second-order valence-electron chi connectivity index (χ2n) is 7.72. The minimum absolute atomic E-state index is 0.0285. The number of hydrogen-bond donors (Lipinski definition) is 2. The monoisotopic (exact) mass is 363 g/mol. The molecule has 2 aromatic rings. The quantitative estimate of drug-likeness (QED) is 0.858. The summed E-state index contributed by atoms with van der Waals surface area (Å²) in [6.07, 6.45) is 3.56. The van der Waals surface area contributed by atoms with E-state index in [1.165, 1.54) is 29.5 Å². The Kier molecular flexibility index (Phi) is 5.85. The molecule has 4 nitrogen and oxygen atoms in total. The zero-order chi connectivity index (χ0) is 18.5. The number of carbonyl (C=O) groups is 1. The molecule has 0 spiro atoms. The zero-order valence-electron chi connectivity index (χ0n) is 15.9. The van der Waals surface area contributed by atoms with Crippen LogP contribution in [0.1, 0.15) is 45.8 Å². The summed E-state index contributed by atoms with van der Waals surface area (Å²) in [7, 11) is 0. The van der Waals surface area contributed by atoms with E-state index in [4.69, 9.17) is 0 Å². The first-order chi connectivity index (χ1) is 13.3. The van der Waals surface area contributed by atoms with Crippen molar-refractivity contribution in [3.63, 3.8) is 0 Å². The predicted octanol–water partition coefficient (Wildman–Crippen LogP) is 2.94. The molecule has 1 saturated heterocycles. The van der Waals surface area contributed by atoms with Crippen LogP contribution in [-0.4, -0.2) is 43.5 Å². The third kappa shape index (κ3) is 4.57. The molecular formula is C23H29N3O. The van der Waals surface area contributed by atoms with Crippen LogP contribution in [0.2, 0.25) is 0 Å². The van der Waals surface area contributed by atoms with Crippen molar-refractivity contribution in [3.8, 4) is 0 Å². The van der Waals surface area contributed by atoms with Crippen LogP contribution in [-0.2, 0) is 13.0 Å². The van der Waals surface area contributed by atoms with E-state index in [0.29, 0.717) is 12.5 Å². The lowest BCUT2D eigenvalue weighted by molar-refractivity contribution is 0.0947. The molecule has 0 aromatic heterocycles. The van der Waals surface area contributed by atoms with Crippen LogP contribution >= 0.6 is 0 Å². The summed E-state index contributed by atoms with van der Waals surface area (Å²) in [5, 5.41) is 6.53. The molecule has 0 aliphatic carbocycles. The van der Waals surface area contributed by atoms with Gasteiger partial charge in [-0.25, -0.2) is 0 Å². The molecule has 142 valence electrons. The minimum Gasteiger partial charge on any atom is -0.351 e. The van der Waals surface area contributed by atoms with Gasteiger partial charge in [0.25, 0.3) is 5.91 Å². The number of fused-ring (bicyclic) bond motifs is 1. The summed E-state index contributed by atoms with van der Waals surface area (Å²) in [6, 6.07) is 16.8. The highest BCUT2D eigenvalue weighted by atomic mass is 16.1. The first kappa shape index (κ1) is 18.2. The smallest absolute Gasteiger partial charge is 0.251 e. The SMILES string of the molecule is O=C(NCCN1CCc2ccccc2C1)c1ccc([C@H]2CCCNC2)cc1. The maximum Gasteiger partial charge on any atom is 0.251 e. The molecule has 1 amide bonds. The average molecular weight is 364 g/mol. The fraction of sp³-hybridized carbons (Fsp3) is 0.435. The molecule has 0 unspecified atom stereocenters. The summed E-state index contributed by atoms with van der Waals surface area (Å²) >= 11 is 0. The lowest BCUT2D eigenvalue weighted by Crippen LogP contribution is -2.37. The van der Waals surface area contributed by atoms with Gasteiger partial charge < -0.3 is 10.6 Å². The van der Waals surface area contributed by atoms with Crippen LogP contribution in [0, 0.1) is 0 Å². The van der Waals surface area contributed by atoms with Gasteiger partial charge >= 0.3 is 0 Å². The van der Waals surface area contributed by atoms with Gasteiger partial charge in [-0.1, -0.05) is 36.4 Å². The van der Waals surface area contributed by atoms with Gasteiger partial charge in [-0.2, -0.15) is 0 Å². The van der Waals surface area contributed by atoms with Crippen LogP contribution in [0.15, 0.2) is 48.5 Å². The molecule has 2 aliphatic heterocycles. The third-order valence-corrected chi connectivity index (χ3v) is 5.86. The number of piperidine rings is 1. The minimum atomic E-state index is 0.0285. The van der Waals surface area contributed by atoms with E-state index >= 15 is 0 Å². The molecule has 2 aliphatic rings. The van der Waals surface area contributed by atoms with E-state index in [-0.39, 0.29) is 5.91 Å². The second kappa shape index (κ2) is 8.68. The van der Waals surface area contributed by atoms with Crippen molar-refractivity contribution in [1.29, 1.82) is 0 Å². The van der Waals surface area contributed by atoms with Crippen LogP contribution in [0.25, 0.3) is 0 Å². The van der Waals surface area contributed by atoms with Gasteiger partial charge in [0.15, 0.2) is 0 Å². The molecule has 4 rings (SSSR count). The molecule has 0 radical (unpaired) electrons. The molecule has 1 fully saturated rings. The van der Waals surface area contributed by atoms with Gasteiger partial charge in [-0.3, -0.25) is 9.69 Å². The van der Waals surface area contributed by atoms with Crippen molar-refractivity contribution < 1.29 is 4.79 Å². The molecule has 1 atom stereocenters. The van der Waals surface area contributed by atoms with Gasteiger partial charge in [-0.15, -0.1) is 0 Å². The lowest BCUT2D eigenvalue weighted by Gasteiger charge is -2.28. The predicted molar refractivity (Wildman–Crippen MR) is 109 cm³/mol. The van der Waals surface area contributed by atoms with Crippen LogP contribution in [0.3, 0.4) is 0 Å². The Bertz CT molecular complexity index is 765. The molecule has 2 N–H and O–H groups in total.